The molecule has 2 rings (SSSR count). The lowest BCUT2D eigenvalue weighted by Gasteiger charge is -2.24. The Morgan fingerprint density at radius 2 is 1.67 bits per heavy atom. The second kappa shape index (κ2) is 8.22. The van der Waals surface area contributed by atoms with Crippen LogP contribution in [0.1, 0.15) is 36.9 Å². The van der Waals surface area contributed by atoms with Gasteiger partial charge in [0.15, 0.2) is 0 Å². The molecule has 0 bridgehead atoms. The van der Waals surface area contributed by atoms with Crippen molar-refractivity contribution in [3.8, 4) is 0 Å². The zero-order chi connectivity index (χ0) is 17.6. The number of carbonyl (C=O) groups is 1. The Balaban J connectivity index is 2.37. The van der Waals surface area contributed by atoms with Crippen LogP contribution in [-0.4, -0.2) is 14.7 Å². The first-order valence-corrected chi connectivity index (χ1v) is 9.55. The third-order valence-corrected chi connectivity index (χ3v) is 5.45. The maximum atomic E-state index is 12.7. The predicted molar refractivity (Wildman–Crippen MR) is 95.1 cm³/mol. The quantitative estimate of drug-likeness (QED) is 0.743. The van der Waals surface area contributed by atoms with E-state index >= 15 is 0 Å². The molecule has 0 aliphatic heterocycles. The molecule has 2 aromatic rings. The number of benzene rings is 2. The standard InChI is InChI=1S/C19H23NO3S/c1-3-7-17(14-21)19(16-8-5-4-6-9-16)20-24(22,23)18-12-10-15(2)11-13-18/h4-6,8-14,17,19-20H,3,7H2,1-2H3/t17-,19+/m0/s1. The topological polar surface area (TPSA) is 63.2 Å². The molecular weight excluding hydrogens is 322 g/mol. The highest BCUT2D eigenvalue weighted by atomic mass is 32.2. The Morgan fingerprint density at radius 1 is 1.04 bits per heavy atom. The van der Waals surface area contributed by atoms with E-state index in [0.29, 0.717) is 6.42 Å². The van der Waals surface area contributed by atoms with E-state index in [4.69, 9.17) is 0 Å². The highest BCUT2D eigenvalue weighted by Crippen LogP contribution is 2.26. The average molecular weight is 345 g/mol. The molecule has 1 N–H and O–H groups in total. The van der Waals surface area contributed by atoms with Crippen molar-refractivity contribution in [3.63, 3.8) is 0 Å². The molecule has 2 atom stereocenters. The van der Waals surface area contributed by atoms with Crippen LogP contribution in [-0.2, 0) is 14.8 Å². The van der Waals surface area contributed by atoms with E-state index in [1.165, 1.54) is 0 Å². The molecule has 0 unspecified atom stereocenters. The van der Waals surface area contributed by atoms with Crippen molar-refractivity contribution >= 4 is 16.3 Å². The smallest absolute Gasteiger partial charge is 0.241 e. The molecule has 24 heavy (non-hydrogen) atoms. The molecule has 5 heteroatoms. The van der Waals surface area contributed by atoms with Crippen LogP contribution < -0.4 is 4.72 Å². The van der Waals surface area contributed by atoms with E-state index in [1.54, 1.807) is 24.3 Å². The fourth-order valence-electron chi connectivity index (χ4n) is 2.66. The van der Waals surface area contributed by atoms with Crippen molar-refractivity contribution in [1.29, 1.82) is 0 Å². The van der Waals surface area contributed by atoms with Crippen LogP contribution in [0.25, 0.3) is 0 Å². The summed E-state index contributed by atoms with van der Waals surface area (Å²) >= 11 is 0. The molecule has 0 heterocycles. The minimum atomic E-state index is -3.71. The monoisotopic (exact) mass is 345 g/mol. The van der Waals surface area contributed by atoms with Gasteiger partial charge in [-0.15, -0.1) is 0 Å². The van der Waals surface area contributed by atoms with Gasteiger partial charge in [-0.25, -0.2) is 13.1 Å². The summed E-state index contributed by atoms with van der Waals surface area (Å²) in [7, 11) is -3.71. The molecule has 2 aromatic carbocycles. The number of aryl methyl sites for hydroxylation is 1. The molecule has 0 spiro atoms. The lowest BCUT2D eigenvalue weighted by molar-refractivity contribution is -0.112. The number of aldehydes is 1. The first kappa shape index (κ1) is 18.4. The summed E-state index contributed by atoms with van der Waals surface area (Å²) < 4.78 is 28.2. The second-order valence-electron chi connectivity index (χ2n) is 5.91. The van der Waals surface area contributed by atoms with Crippen molar-refractivity contribution in [2.45, 2.75) is 37.6 Å². The van der Waals surface area contributed by atoms with E-state index in [0.717, 1.165) is 23.8 Å². The summed E-state index contributed by atoms with van der Waals surface area (Å²) in [6, 6.07) is 15.3. The van der Waals surface area contributed by atoms with E-state index < -0.39 is 22.0 Å². The van der Waals surface area contributed by atoms with E-state index in [9.17, 15) is 13.2 Å². The molecule has 0 radical (unpaired) electrons. The summed E-state index contributed by atoms with van der Waals surface area (Å²) in [5.74, 6) is -0.405. The van der Waals surface area contributed by atoms with Crippen molar-refractivity contribution in [2.24, 2.45) is 5.92 Å². The largest absolute Gasteiger partial charge is 0.303 e. The van der Waals surface area contributed by atoms with Crippen molar-refractivity contribution in [2.75, 3.05) is 0 Å². The van der Waals surface area contributed by atoms with Crippen LogP contribution in [0.3, 0.4) is 0 Å². The minimum Gasteiger partial charge on any atom is -0.303 e. The maximum Gasteiger partial charge on any atom is 0.241 e. The summed E-state index contributed by atoms with van der Waals surface area (Å²) in [6.45, 7) is 3.88. The zero-order valence-corrected chi connectivity index (χ0v) is 14.8. The third kappa shape index (κ3) is 4.52. The molecular formula is C19H23NO3S. The van der Waals surface area contributed by atoms with E-state index in [1.807, 2.05) is 44.2 Å². The number of rotatable bonds is 8. The minimum absolute atomic E-state index is 0.204. The maximum absolute atomic E-state index is 12.7. The highest BCUT2D eigenvalue weighted by molar-refractivity contribution is 7.89. The molecule has 128 valence electrons. The number of hydrogen-bond donors (Lipinski definition) is 1. The molecule has 0 fully saturated rings. The van der Waals surface area contributed by atoms with Gasteiger partial charge in [-0.3, -0.25) is 0 Å². The van der Waals surface area contributed by atoms with E-state index in [-0.39, 0.29) is 4.90 Å². The lowest BCUT2D eigenvalue weighted by atomic mass is 9.91. The number of hydrogen-bond acceptors (Lipinski definition) is 3. The number of nitrogens with one attached hydrogen (secondary N) is 1. The van der Waals surface area contributed by atoms with Crippen molar-refractivity contribution < 1.29 is 13.2 Å². The van der Waals surface area contributed by atoms with Gasteiger partial charge in [0.2, 0.25) is 10.0 Å². The van der Waals surface area contributed by atoms with Gasteiger partial charge in [0.25, 0.3) is 0 Å². The first-order valence-electron chi connectivity index (χ1n) is 8.07. The van der Waals surface area contributed by atoms with Gasteiger partial charge in [-0.05, 0) is 31.0 Å². The Hall–Kier alpha value is -1.98. The number of sulfonamides is 1. The van der Waals surface area contributed by atoms with Gasteiger partial charge in [0, 0.05) is 5.92 Å². The van der Waals surface area contributed by atoms with Gasteiger partial charge in [0.05, 0.1) is 10.9 Å². The highest BCUT2D eigenvalue weighted by Gasteiger charge is 2.27. The van der Waals surface area contributed by atoms with Crippen LogP contribution in [0.2, 0.25) is 0 Å². The summed E-state index contributed by atoms with van der Waals surface area (Å²) in [5.41, 5.74) is 1.78. The van der Waals surface area contributed by atoms with Crippen LogP contribution >= 0.6 is 0 Å². The molecule has 0 aromatic heterocycles. The normalized spacial score (nSPS) is 14.1. The Morgan fingerprint density at radius 3 is 2.21 bits per heavy atom. The van der Waals surface area contributed by atoms with Gasteiger partial charge >= 0.3 is 0 Å². The average Bonchev–Trinajstić information content (AvgIpc) is 2.59. The Bertz CT molecular complexity index is 755. The fraction of sp³-hybridized carbons (Fsp3) is 0.316. The van der Waals surface area contributed by atoms with Crippen LogP contribution in [0.4, 0.5) is 0 Å². The lowest BCUT2D eigenvalue weighted by Crippen LogP contribution is -2.34. The van der Waals surface area contributed by atoms with Crippen LogP contribution in [0.15, 0.2) is 59.5 Å². The van der Waals surface area contributed by atoms with Gasteiger partial charge in [0.1, 0.15) is 6.29 Å². The van der Waals surface area contributed by atoms with Crippen molar-refractivity contribution in [1.82, 2.24) is 4.72 Å². The van der Waals surface area contributed by atoms with Gasteiger partial charge in [-0.1, -0.05) is 61.4 Å². The summed E-state index contributed by atoms with van der Waals surface area (Å²) in [5, 5.41) is 0. The molecule has 0 aliphatic carbocycles. The Kier molecular flexibility index (Phi) is 6.29. The van der Waals surface area contributed by atoms with Gasteiger partial charge in [-0.2, -0.15) is 0 Å². The van der Waals surface area contributed by atoms with Crippen molar-refractivity contribution in [3.05, 3.63) is 65.7 Å². The molecule has 0 aliphatic rings. The predicted octanol–water partition coefficient (Wildman–Crippen LogP) is 3.63. The molecule has 0 saturated carbocycles. The number of carbonyl (C=O) groups excluding carboxylic acids is 1. The second-order valence-corrected chi connectivity index (χ2v) is 7.63. The van der Waals surface area contributed by atoms with Gasteiger partial charge < -0.3 is 4.79 Å². The molecule has 0 saturated heterocycles. The van der Waals surface area contributed by atoms with Crippen LogP contribution in [0, 0.1) is 12.8 Å². The molecule has 4 nitrogen and oxygen atoms in total. The zero-order valence-electron chi connectivity index (χ0n) is 14.0. The van der Waals surface area contributed by atoms with Crippen LogP contribution in [0.5, 0.6) is 0 Å². The SMILES string of the molecule is CCC[C@@H](C=O)[C@H](NS(=O)(=O)c1ccc(C)cc1)c1ccccc1. The summed E-state index contributed by atoms with van der Waals surface area (Å²) in [6.07, 6.45) is 2.28. The molecule has 0 amide bonds. The van der Waals surface area contributed by atoms with E-state index in [2.05, 4.69) is 4.72 Å². The third-order valence-electron chi connectivity index (χ3n) is 4.00. The Labute approximate surface area is 144 Å². The fourth-order valence-corrected chi connectivity index (χ4v) is 3.94. The first-order chi connectivity index (χ1) is 11.5. The summed E-state index contributed by atoms with van der Waals surface area (Å²) in [4.78, 5) is 11.7.